The number of hydrogen-bond acceptors (Lipinski definition) is 10. The van der Waals surface area contributed by atoms with Crippen LogP contribution in [0.5, 0.6) is 5.75 Å². The van der Waals surface area contributed by atoms with E-state index in [1.54, 1.807) is 24.7 Å². The van der Waals surface area contributed by atoms with Gasteiger partial charge in [0.1, 0.15) is 40.7 Å². The van der Waals surface area contributed by atoms with Crippen LogP contribution >= 0.6 is 0 Å². The molecule has 1 aromatic carbocycles. The lowest BCUT2D eigenvalue weighted by Crippen LogP contribution is -2.56. The molecule has 4 N–H and O–H groups in total. The predicted octanol–water partition coefficient (Wildman–Crippen LogP) is 3.25. The normalized spacial score (nSPS) is 13.8. The van der Waals surface area contributed by atoms with Crippen molar-refractivity contribution in [2.45, 2.75) is 6.04 Å². The van der Waals surface area contributed by atoms with Gasteiger partial charge < -0.3 is 25.3 Å². The van der Waals surface area contributed by atoms with E-state index in [9.17, 15) is 4.39 Å². The van der Waals surface area contributed by atoms with Crippen molar-refractivity contribution in [2.24, 2.45) is 5.73 Å². The smallest absolute Gasteiger partial charge is 0.161 e. The first-order chi connectivity index (χ1) is 20.4. The molecule has 1 saturated heterocycles. The van der Waals surface area contributed by atoms with Gasteiger partial charge in [-0.05, 0) is 44.4 Å². The lowest BCUT2D eigenvalue weighted by Gasteiger charge is -2.37. The van der Waals surface area contributed by atoms with Crippen LogP contribution < -0.4 is 15.4 Å². The molecule has 5 aromatic heterocycles. The fourth-order valence-corrected chi connectivity index (χ4v) is 4.93. The van der Waals surface area contributed by atoms with Crippen LogP contribution in [-0.2, 0) is 0 Å². The lowest BCUT2D eigenvalue weighted by molar-refractivity contribution is 0.260. The Bertz CT molecular complexity index is 1910. The number of fused-ring (bicyclic) bond motifs is 2. The second kappa shape index (κ2) is 10.4. The molecule has 0 radical (unpaired) electrons. The number of hydrogen-bond donors (Lipinski definition) is 3. The van der Waals surface area contributed by atoms with Gasteiger partial charge in [-0.3, -0.25) is 15.1 Å². The minimum atomic E-state index is -0.416. The maximum Gasteiger partial charge on any atom is 0.161 e. The fourth-order valence-electron chi connectivity index (χ4n) is 4.93. The molecule has 212 valence electrons. The van der Waals surface area contributed by atoms with Crippen molar-refractivity contribution in [3.05, 3.63) is 60.8 Å². The zero-order valence-corrected chi connectivity index (χ0v) is 23.0. The molecule has 6 heterocycles. The van der Waals surface area contributed by atoms with E-state index in [0.717, 1.165) is 29.9 Å². The van der Waals surface area contributed by atoms with Gasteiger partial charge in [0.15, 0.2) is 11.5 Å². The maximum atomic E-state index is 14.6. The summed E-state index contributed by atoms with van der Waals surface area (Å²) >= 11 is 0. The van der Waals surface area contributed by atoms with E-state index < -0.39 is 5.82 Å². The zero-order valence-electron chi connectivity index (χ0n) is 23.0. The van der Waals surface area contributed by atoms with Crippen LogP contribution in [0.15, 0.2) is 55.0 Å². The quantitative estimate of drug-likeness (QED) is 0.251. The van der Waals surface area contributed by atoms with Gasteiger partial charge in [0.2, 0.25) is 0 Å². The number of pyridine rings is 2. The molecule has 13 heteroatoms. The topological polar surface area (TPSA) is 151 Å². The summed E-state index contributed by atoms with van der Waals surface area (Å²) in [6.07, 6.45) is 5.08. The van der Waals surface area contributed by atoms with Crippen molar-refractivity contribution in [2.75, 3.05) is 45.2 Å². The Hall–Kier alpha value is -5.01. The van der Waals surface area contributed by atoms with Crippen LogP contribution in [0, 0.1) is 5.82 Å². The van der Waals surface area contributed by atoms with Crippen LogP contribution in [0.1, 0.15) is 0 Å². The number of nitrogens with two attached hydrogens (primary N) is 1. The molecule has 42 heavy (non-hydrogen) atoms. The number of rotatable bonds is 8. The van der Waals surface area contributed by atoms with Gasteiger partial charge in [0, 0.05) is 43.5 Å². The minimum absolute atomic E-state index is 0.155. The Morgan fingerprint density at radius 1 is 1.00 bits per heavy atom. The molecule has 0 amide bonds. The summed E-state index contributed by atoms with van der Waals surface area (Å²) in [5.74, 6) is 1.29. The van der Waals surface area contributed by atoms with E-state index in [1.807, 2.05) is 37.2 Å². The van der Waals surface area contributed by atoms with Crippen LogP contribution in [0.2, 0.25) is 0 Å². The van der Waals surface area contributed by atoms with Crippen molar-refractivity contribution in [1.82, 2.24) is 45.0 Å². The number of H-pyrrole nitrogens is 2. The fraction of sp³-hybridized carbons (Fsp3) is 0.241. The number of aromatic amines is 2. The van der Waals surface area contributed by atoms with Crippen LogP contribution in [0.4, 0.5) is 10.2 Å². The van der Waals surface area contributed by atoms with Crippen molar-refractivity contribution < 1.29 is 9.13 Å². The number of benzene rings is 1. The van der Waals surface area contributed by atoms with Crippen LogP contribution in [0.25, 0.3) is 56.2 Å². The molecule has 1 aliphatic heterocycles. The third-order valence-electron chi connectivity index (χ3n) is 7.10. The van der Waals surface area contributed by atoms with E-state index in [4.69, 9.17) is 25.4 Å². The van der Waals surface area contributed by atoms with E-state index in [1.165, 1.54) is 12.1 Å². The first-order valence-corrected chi connectivity index (χ1v) is 13.5. The van der Waals surface area contributed by atoms with Crippen molar-refractivity contribution in [3.8, 4) is 39.9 Å². The van der Waals surface area contributed by atoms with Crippen LogP contribution in [-0.4, -0.2) is 91.4 Å². The molecule has 0 spiro atoms. The van der Waals surface area contributed by atoms with Crippen molar-refractivity contribution in [1.29, 1.82) is 0 Å². The first kappa shape index (κ1) is 25.9. The van der Waals surface area contributed by atoms with Gasteiger partial charge in [-0.15, -0.1) is 0 Å². The highest BCUT2D eigenvalue weighted by Crippen LogP contribution is 2.32. The molecule has 6 aromatic rings. The third kappa shape index (κ3) is 4.88. The molecule has 12 nitrogen and oxygen atoms in total. The number of imidazole rings is 1. The molecular formula is C29H28FN11O. The second-order valence-corrected chi connectivity index (χ2v) is 10.6. The Labute approximate surface area is 239 Å². The van der Waals surface area contributed by atoms with Crippen LogP contribution in [0.3, 0.4) is 0 Å². The van der Waals surface area contributed by atoms with Gasteiger partial charge >= 0.3 is 0 Å². The number of ether oxygens (including phenoxy) is 1. The summed E-state index contributed by atoms with van der Waals surface area (Å²) in [6, 6.07) is 10.3. The molecule has 0 atom stereocenters. The highest BCUT2D eigenvalue weighted by atomic mass is 19.1. The SMILES string of the molecule is CN(C)CCOc1cc(F)cc(-c2nccc3[nH]c(-c4n[nH]c5ccc(-c6cncc(N7CC(N)C7)n6)nc45)nc23)c1. The third-order valence-corrected chi connectivity index (χ3v) is 7.10. The second-order valence-electron chi connectivity index (χ2n) is 10.6. The molecule has 0 aliphatic carbocycles. The summed E-state index contributed by atoms with van der Waals surface area (Å²) in [5.41, 5.74) is 11.6. The first-order valence-electron chi connectivity index (χ1n) is 13.5. The molecular weight excluding hydrogens is 537 g/mol. The number of halogens is 1. The Kier molecular flexibility index (Phi) is 6.44. The van der Waals surface area contributed by atoms with E-state index in [2.05, 4.69) is 30.0 Å². The zero-order chi connectivity index (χ0) is 28.8. The standard InChI is InChI=1S/C29H28FN11O/c1-40(2)7-8-42-19-10-16(9-17(30)11-19)25-26-21(5-6-33-25)36-29(37-26)28-27-22(38-39-28)4-3-20(35-27)23-12-32-13-24(34-23)41-14-18(31)15-41/h3-6,9-13,18H,7-8,14-15,31H2,1-2H3,(H,36,37)(H,38,39). The van der Waals surface area contributed by atoms with Gasteiger partial charge in [-0.1, -0.05) is 0 Å². The molecule has 7 rings (SSSR count). The summed E-state index contributed by atoms with van der Waals surface area (Å²) in [4.78, 5) is 30.8. The number of aromatic nitrogens is 8. The average molecular weight is 566 g/mol. The van der Waals surface area contributed by atoms with Gasteiger partial charge in [0.25, 0.3) is 0 Å². The molecule has 0 unspecified atom stereocenters. The predicted molar refractivity (Wildman–Crippen MR) is 157 cm³/mol. The monoisotopic (exact) mass is 565 g/mol. The number of likely N-dealkylation sites (N-methyl/N-ethyl adjacent to an activating group) is 1. The Morgan fingerprint density at radius 3 is 2.69 bits per heavy atom. The van der Waals surface area contributed by atoms with Gasteiger partial charge in [-0.2, -0.15) is 5.10 Å². The van der Waals surface area contributed by atoms with E-state index >= 15 is 0 Å². The summed E-state index contributed by atoms with van der Waals surface area (Å²) in [5, 5.41) is 7.54. The lowest BCUT2D eigenvalue weighted by atomic mass is 10.1. The summed E-state index contributed by atoms with van der Waals surface area (Å²) in [6.45, 7) is 2.64. The molecule has 1 aliphatic rings. The highest BCUT2D eigenvalue weighted by Gasteiger charge is 2.25. The van der Waals surface area contributed by atoms with Crippen molar-refractivity contribution >= 4 is 27.9 Å². The number of anilines is 1. The number of nitrogens with one attached hydrogen (secondary N) is 2. The van der Waals surface area contributed by atoms with E-state index in [0.29, 0.717) is 64.1 Å². The Balaban J connectivity index is 1.24. The molecule has 0 bridgehead atoms. The summed E-state index contributed by atoms with van der Waals surface area (Å²) in [7, 11) is 3.91. The van der Waals surface area contributed by atoms with Crippen molar-refractivity contribution in [3.63, 3.8) is 0 Å². The molecule has 1 fully saturated rings. The van der Waals surface area contributed by atoms with Gasteiger partial charge in [-0.25, -0.2) is 19.3 Å². The Morgan fingerprint density at radius 2 is 1.86 bits per heavy atom. The summed E-state index contributed by atoms with van der Waals surface area (Å²) < 4.78 is 20.4. The minimum Gasteiger partial charge on any atom is -0.492 e. The maximum absolute atomic E-state index is 14.6. The van der Waals surface area contributed by atoms with Gasteiger partial charge in [0.05, 0.1) is 34.8 Å². The highest BCUT2D eigenvalue weighted by molar-refractivity contribution is 5.95. The van der Waals surface area contributed by atoms with E-state index in [-0.39, 0.29) is 6.04 Å². The number of nitrogens with zero attached hydrogens (tertiary/aromatic N) is 8. The molecule has 0 saturated carbocycles. The largest absolute Gasteiger partial charge is 0.492 e. The average Bonchev–Trinajstić information content (AvgIpc) is 3.59.